The number of thiazole rings is 1. The summed E-state index contributed by atoms with van der Waals surface area (Å²) in [4.78, 5) is 9.62. The standard InChI is InChI=1S/C31H21N2OS.Pt/c34-28-14-5-4-12-26(28)31-33-30-25(13-7-15-29(30)35-31)23-10-6-11-24(19-23)27-17-16-22(20-32-27)18-21-8-2-1-3-9-21;/h1-17,20,34H,18H2;/q-1;. The van der Waals surface area contributed by atoms with Gasteiger partial charge in [0.2, 0.25) is 0 Å². The molecule has 0 saturated carbocycles. The van der Waals surface area contributed by atoms with Gasteiger partial charge in [-0.3, -0.25) is 4.98 Å². The summed E-state index contributed by atoms with van der Waals surface area (Å²) in [6.07, 6.45) is 2.81. The number of rotatable bonds is 5. The maximum absolute atomic E-state index is 10.3. The third kappa shape index (κ3) is 4.88. The summed E-state index contributed by atoms with van der Waals surface area (Å²) in [6, 6.07) is 37.8. The summed E-state index contributed by atoms with van der Waals surface area (Å²) in [5.41, 5.74) is 7.94. The Hall–Kier alpha value is -3.59. The van der Waals surface area contributed by atoms with Crippen molar-refractivity contribution in [1.82, 2.24) is 9.97 Å². The summed E-state index contributed by atoms with van der Waals surface area (Å²) in [6.45, 7) is 0. The summed E-state index contributed by atoms with van der Waals surface area (Å²) >= 11 is 1.58. The Morgan fingerprint density at radius 1 is 0.694 bits per heavy atom. The van der Waals surface area contributed by atoms with Crippen LogP contribution in [-0.2, 0) is 27.5 Å². The number of aromatic hydroxyl groups is 1. The van der Waals surface area contributed by atoms with Crippen LogP contribution in [0.15, 0.2) is 109 Å². The van der Waals surface area contributed by atoms with E-state index < -0.39 is 0 Å². The Balaban J connectivity index is 0.00000267. The molecule has 2 aromatic heterocycles. The van der Waals surface area contributed by atoms with E-state index in [9.17, 15) is 5.11 Å². The number of phenols is 1. The van der Waals surface area contributed by atoms with Gasteiger partial charge in [0.15, 0.2) is 0 Å². The number of nitrogens with zero attached hydrogens (tertiary/aromatic N) is 2. The minimum absolute atomic E-state index is 0. The molecule has 36 heavy (non-hydrogen) atoms. The predicted molar refractivity (Wildman–Crippen MR) is 143 cm³/mol. The number of benzene rings is 4. The number of hydrogen-bond donors (Lipinski definition) is 1. The van der Waals surface area contributed by atoms with E-state index in [2.05, 4.69) is 60.7 Å². The van der Waals surface area contributed by atoms with Crippen LogP contribution in [0.2, 0.25) is 0 Å². The van der Waals surface area contributed by atoms with Gasteiger partial charge in [0.05, 0.1) is 11.1 Å². The molecule has 6 rings (SSSR count). The van der Waals surface area contributed by atoms with Crippen LogP contribution in [0.25, 0.3) is 43.2 Å². The van der Waals surface area contributed by atoms with E-state index in [4.69, 9.17) is 9.97 Å². The monoisotopic (exact) mass is 664 g/mol. The van der Waals surface area contributed by atoms with Gasteiger partial charge < -0.3 is 5.11 Å². The van der Waals surface area contributed by atoms with Crippen molar-refractivity contribution in [2.75, 3.05) is 0 Å². The van der Waals surface area contributed by atoms with E-state index in [1.165, 1.54) is 11.1 Å². The molecule has 0 fully saturated rings. The van der Waals surface area contributed by atoms with Crippen LogP contribution in [0.3, 0.4) is 0 Å². The van der Waals surface area contributed by atoms with E-state index in [0.29, 0.717) is 0 Å². The normalized spacial score (nSPS) is 10.8. The Morgan fingerprint density at radius 3 is 2.25 bits per heavy atom. The topological polar surface area (TPSA) is 46.0 Å². The fraction of sp³-hybridized carbons (Fsp3) is 0.0323. The minimum atomic E-state index is 0. The molecule has 0 bridgehead atoms. The van der Waals surface area contributed by atoms with Crippen LogP contribution < -0.4 is 0 Å². The zero-order valence-corrected chi connectivity index (χ0v) is 22.3. The Morgan fingerprint density at radius 2 is 1.44 bits per heavy atom. The Bertz CT molecular complexity index is 1630. The van der Waals surface area contributed by atoms with Crippen molar-refractivity contribution >= 4 is 21.6 Å². The molecule has 0 unspecified atom stereocenters. The first-order valence-corrected chi connectivity index (χ1v) is 12.3. The first-order valence-electron chi connectivity index (χ1n) is 11.4. The third-order valence-electron chi connectivity index (χ3n) is 5.99. The first-order chi connectivity index (χ1) is 17.2. The third-order valence-corrected chi connectivity index (χ3v) is 7.04. The quantitative estimate of drug-likeness (QED) is 0.192. The molecule has 5 heteroatoms. The second kappa shape index (κ2) is 10.6. The predicted octanol–water partition coefficient (Wildman–Crippen LogP) is 7.79. The van der Waals surface area contributed by atoms with Gasteiger partial charge in [0.25, 0.3) is 0 Å². The molecule has 0 aliphatic rings. The van der Waals surface area contributed by atoms with Crippen molar-refractivity contribution in [3.8, 4) is 38.7 Å². The number of phenolic OH excluding ortho intramolecular Hbond substituents is 1. The van der Waals surface area contributed by atoms with Gasteiger partial charge in [-0.2, -0.15) is 0 Å². The number of hydrogen-bond acceptors (Lipinski definition) is 4. The SMILES string of the molecule is Oc1ccccc1-c1nc2c(-c3[c-]c(-c4ccc(Cc5ccccc5)cn4)ccc3)cccc2s1.[Pt]. The van der Waals surface area contributed by atoms with Gasteiger partial charge in [0.1, 0.15) is 10.8 Å². The minimum Gasteiger partial charge on any atom is -0.507 e. The molecule has 0 atom stereocenters. The molecule has 0 aliphatic heterocycles. The average Bonchev–Trinajstić information content (AvgIpc) is 3.34. The van der Waals surface area contributed by atoms with Crippen molar-refractivity contribution < 1.29 is 26.2 Å². The van der Waals surface area contributed by atoms with Crippen LogP contribution in [0.4, 0.5) is 0 Å². The molecule has 2 heterocycles. The van der Waals surface area contributed by atoms with E-state index in [-0.39, 0.29) is 26.8 Å². The van der Waals surface area contributed by atoms with Gasteiger partial charge in [-0.05, 0) is 35.7 Å². The fourth-order valence-corrected chi connectivity index (χ4v) is 5.26. The molecule has 4 aromatic carbocycles. The second-order valence-corrected chi connectivity index (χ2v) is 9.41. The molecule has 178 valence electrons. The van der Waals surface area contributed by atoms with Crippen LogP contribution in [0.1, 0.15) is 11.1 Å². The van der Waals surface area contributed by atoms with Crippen molar-refractivity contribution in [2.24, 2.45) is 0 Å². The molecule has 0 saturated heterocycles. The Labute approximate surface area is 228 Å². The number of pyridine rings is 1. The van der Waals surface area contributed by atoms with E-state index in [1.54, 1.807) is 17.4 Å². The fourth-order valence-electron chi connectivity index (χ4n) is 4.23. The molecular weight excluding hydrogens is 643 g/mol. The van der Waals surface area contributed by atoms with Gasteiger partial charge in [-0.15, -0.1) is 41.2 Å². The molecule has 3 nitrogen and oxygen atoms in total. The summed E-state index contributed by atoms with van der Waals surface area (Å²) in [7, 11) is 0. The molecular formula is C31H21N2OPtS-. The molecule has 0 amide bonds. The molecule has 6 aromatic rings. The zero-order chi connectivity index (χ0) is 23.6. The van der Waals surface area contributed by atoms with Crippen LogP contribution >= 0.6 is 11.3 Å². The molecule has 0 spiro atoms. The zero-order valence-electron chi connectivity index (χ0n) is 19.2. The number of aromatic nitrogens is 2. The average molecular weight is 665 g/mol. The second-order valence-electron chi connectivity index (χ2n) is 8.38. The van der Waals surface area contributed by atoms with Crippen molar-refractivity contribution in [3.63, 3.8) is 0 Å². The van der Waals surface area contributed by atoms with Crippen LogP contribution in [0.5, 0.6) is 5.75 Å². The van der Waals surface area contributed by atoms with Gasteiger partial charge in [0, 0.05) is 37.7 Å². The maximum atomic E-state index is 10.3. The molecule has 1 N–H and O–H groups in total. The molecule has 0 aliphatic carbocycles. The van der Waals surface area contributed by atoms with E-state index >= 15 is 0 Å². The van der Waals surface area contributed by atoms with Crippen molar-refractivity contribution in [2.45, 2.75) is 6.42 Å². The number of fused-ring (bicyclic) bond motifs is 1. The van der Waals surface area contributed by atoms with Crippen LogP contribution in [0, 0.1) is 6.07 Å². The summed E-state index contributed by atoms with van der Waals surface area (Å²) in [5.74, 6) is 0.239. The van der Waals surface area contributed by atoms with Gasteiger partial charge in [-0.25, -0.2) is 4.98 Å². The largest absolute Gasteiger partial charge is 0.507 e. The molecule has 0 radical (unpaired) electrons. The van der Waals surface area contributed by atoms with E-state index in [1.807, 2.05) is 48.7 Å². The smallest absolute Gasteiger partial charge is 0.127 e. The van der Waals surface area contributed by atoms with Crippen molar-refractivity contribution in [3.05, 3.63) is 127 Å². The van der Waals surface area contributed by atoms with Gasteiger partial charge in [-0.1, -0.05) is 77.9 Å². The number of para-hydroxylation sites is 2. The Kier molecular flexibility index (Phi) is 7.08. The van der Waals surface area contributed by atoms with Gasteiger partial charge >= 0.3 is 0 Å². The first kappa shape index (κ1) is 24.1. The summed E-state index contributed by atoms with van der Waals surface area (Å²) in [5, 5.41) is 11.1. The maximum Gasteiger partial charge on any atom is 0.127 e. The van der Waals surface area contributed by atoms with E-state index in [0.717, 1.165) is 49.6 Å². The summed E-state index contributed by atoms with van der Waals surface area (Å²) < 4.78 is 1.07. The van der Waals surface area contributed by atoms with Crippen LogP contribution in [-0.4, -0.2) is 15.1 Å². The van der Waals surface area contributed by atoms with Crippen molar-refractivity contribution in [1.29, 1.82) is 0 Å².